The summed E-state index contributed by atoms with van der Waals surface area (Å²) in [6.45, 7) is 4.03. The number of ether oxygens (including phenoxy) is 1. The summed E-state index contributed by atoms with van der Waals surface area (Å²) in [5.74, 6) is 1.16. The molecule has 0 aliphatic rings. The zero-order valence-electron chi connectivity index (χ0n) is 16.4. The number of aryl methyl sites for hydroxylation is 2. The molecule has 0 bridgehead atoms. The van der Waals surface area contributed by atoms with Crippen molar-refractivity contribution in [2.75, 3.05) is 11.9 Å². The minimum Gasteiger partial charge on any atom is -0.484 e. The lowest BCUT2D eigenvalue weighted by Gasteiger charge is -2.09. The van der Waals surface area contributed by atoms with Gasteiger partial charge in [0, 0.05) is 12.1 Å². The van der Waals surface area contributed by atoms with Crippen molar-refractivity contribution in [3.63, 3.8) is 0 Å². The molecule has 29 heavy (non-hydrogen) atoms. The van der Waals surface area contributed by atoms with E-state index < -0.39 is 0 Å². The Bertz CT molecular complexity index is 1110. The van der Waals surface area contributed by atoms with Crippen LogP contribution in [0.1, 0.15) is 22.6 Å². The monoisotopic (exact) mass is 386 g/mol. The summed E-state index contributed by atoms with van der Waals surface area (Å²) < 4.78 is 11.3. The van der Waals surface area contributed by atoms with Crippen molar-refractivity contribution in [3.05, 3.63) is 89.3 Å². The number of para-hydroxylation sites is 2. The summed E-state index contributed by atoms with van der Waals surface area (Å²) in [5.41, 5.74) is 5.75. The Labute approximate surface area is 169 Å². The lowest BCUT2D eigenvalue weighted by molar-refractivity contribution is -0.118. The van der Waals surface area contributed by atoms with E-state index >= 15 is 0 Å². The van der Waals surface area contributed by atoms with Crippen molar-refractivity contribution in [1.29, 1.82) is 0 Å². The van der Waals surface area contributed by atoms with Crippen molar-refractivity contribution in [2.24, 2.45) is 0 Å². The third-order valence-electron chi connectivity index (χ3n) is 4.78. The highest BCUT2D eigenvalue weighted by molar-refractivity contribution is 5.91. The molecule has 0 aliphatic heterocycles. The summed E-state index contributed by atoms with van der Waals surface area (Å²) in [6, 6.07) is 21.1. The summed E-state index contributed by atoms with van der Waals surface area (Å²) >= 11 is 0. The van der Waals surface area contributed by atoms with Gasteiger partial charge in [0.05, 0.1) is 0 Å². The summed E-state index contributed by atoms with van der Waals surface area (Å²) in [7, 11) is 0. The van der Waals surface area contributed by atoms with Crippen LogP contribution in [0.2, 0.25) is 0 Å². The number of carbonyl (C=O) groups excluding carboxylic acids is 1. The Morgan fingerprint density at radius 2 is 1.79 bits per heavy atom. The van der Waals surface area contributed by atoms with Crippen LogP contribution in [0.15, 0.2) is 71.1 Å². The maximum absolute atomic E-state index is 12.2. The van der Waals surface area contributed by atoms with Gasteiger partial charge in [0.1, 0.15) is 11.3 Å². The first-order chi connectivity index (χ1) is 14.1. The molecule has 0 unspecified atom stereocenters. The van der Waals surface area contributed by atoms with E-state index in [1.807, 2.05) is 80.6 Å². The predicted octanol–water partition coefficient (Wildman–Crippen LogP) is 5.05. The van der Waals surface area contributed by atoms with Gasteiger partial charge in [0.15, 0.2) is 18.1 Å². The standard InChI is InChI=1S/C24H22N2O3/c1-16-7-12-20(13-17(16)2)28-15-23(27)25-19-10-8-18(9-11-19)14-24-26-21-5-3-4-6-22(21)29-24/h3-13H,14-15H2,1-2H3,(H,25,27). The number of amides is 1. The van der Waals surface area contributed by atoms with Crippen LogP contribution in [0.25, 0.3) is 11.1 Å². The van der Waals surface area contributed by atoms with Crippen molar-refractivity contribution < 1.29 is 13.9 Å². The smallest absolute Gasteiger partial charge is 0.262 e. The first-order valence-electron chi connectivity index (χ1n) is 9.50. The van der Waals surface area contributed by atoms with E-state index in [0.29, 0.717) is 18.1 Å². The van der Waals surface area contributed by atoms with E-state index in [2.05, 4.69) is 10.3 Å². The van der Waals surface area contributed by atoms with E-state index in [1.54, 1.807) is 0 Å². The van der Waals surface area contributed by atoms with Gasteiger partial charge in [-0.1, -0.05) is 30.3 Å². The lowest BCUT2D eigenvalue weighted by atomic mass is 10.1. The van der Waals surface area contributed by atoms with Crippen LogP contribution in [0, 0.1) is 13.8 Å². The zero-order chi connectivity index (χ0) is 20.2. The molecule has 146 valence electrons. The Balaban J connectivity index is 1.32. The third-order valence-corrected chi connectivity index (χ3v) is 4.78. The average molecular weight is 386 g/mol. The third kappa shape index (κ3) is 4.63. The van der Waals surface area contributed by atoms with Crippen LogP contribution in [0.5, 0.6) is 5.75 Å². The topological polar surface area (TPSA) is 64.4 Å². The number of hydrogen-bond acceptors (Lipinski definition) is 4. The number of anilines is 1. The van der Waals surface area contributed by atoms with E-state index in [0.717, 1.165) is 27.9 Å². The van der Waals surface area contributed by atoms with E-state index in [1.165, 1.54) is 5.56 Å². The summed E-state index contributed by atoms with van der Waals surface area (Å²) in [5, 5.41) is 2.85. The van der Waals surface area contributed by atoms with Gasteiger partial charge in [0.25, 0.3) is 5.91 Å². The number of hydrogen-bond donors (Lipinski definition) is 1. The number of rotatable bonds is 6. The van der Waals surface area contributed by atoms with Gasteiger partial charge in [-0.2, -0.15) is 0 Å². The first kappa shape index (κ1) is 18.7. The van der Waals surface area contributed by atoms with Gasteiger partial charge in [-0.15, -0.1) is 0 Å². The fourth-order valence-corrected chi connectivity index (χ4v) is 3.03. The molecule has 4 rings (SSSR count). The number of aromatic nitrogens is 1. The Kier molecular flexibility index (Phi) is 5.29. The van der Waals surface area contributed by atoms with Gasteiger partial charge in [0.2, 0.25) is 0 Å². The first-order valence-corrected chi connectivity index (χ1v) is 9.50. The molecule has 0 spiro atoms. The van der Waals surface area contributed by atoms with Crippen molar-refractivity contribution in [1.82, 2.24) is 4.98 Å². The van der Waals surface area contributed by atoms with Gasteiger partial charge in [-0.05, 0) is 66.9 Å². The van der Waals surface area contributed by atoms with Crippen LogP contribution in [-0.2, 0) is 11.2 Å². The molecular weight excluding hydrogens is 364 g/mol. The van der Waals surface area contributed by atoms with E-state index in [-0.39, 0.29) is 12.5 Å². The summed E-state index contributed by atoms with van der Waals surface area (Å²) in [6.07, 6.45) is 0.596. The number of nitrogens with zero attached hydrogens (tertiary/aromatic N) is 1. The maximum Gasteiger partial charge on any atom is 0.262 e. The van der Waals surface area contributed by atoms with Gasteiger partial charge in [-0.3, -0.25) is 4.79 Å². The van der Waals surface area contributed by atoms with Crippen molar-refractivity contribution in [3.8, 4) is 5.75 Å². The number of nitrogens with one attached hydrogen (secondary N) is 1. The quantitative estimate of drug-likeness (QED) is 0.503. The van der Waals surface area contributed by atoms with Crippen LogP contribution < -0.4 is 10.1 Å². The Hall–Kier alpha value is -3.60. The number of carbonyl (C=O) groups is 1. The van der Waals surface area contributed by atoms with Crippen molar-refractivity contribution >= 4 is 22.7 Å². The maximum atomic E-state index is 12.2. The second-order valence-electron chi connectivity index (χ2n) is 7.03. The van der Waals surface area contributed by atoms with Crippen molar-refractivity contribution in [2.45, 2.75) is 20.3 Å². The summed E-state index contributed by atoms with van der Waals surface area (Å²) in [4.78, 5) is 16.6. The Morgan fingerprint density at radius 3 is 2.55 bits per heavy atom. The van der Waals surface area contributed by atoms with Crippen LogP contribution in [0.4, 0.5) is 5.69 Å². The molecule has 5 heteroatoms. The number of oxazole rings is 1. The number of fused-ring (bicyclic) bond motifs is 1. The minimum atomic E-state index is -0.199. The molecule has 0 saturated carbocycles. The Morgan fingerprint density at radius 1 is 1.00 bits per heavy atom. The normalized spacial score (nSPS) is 10.8. The molecule has 0 radical (unpaired) electrons. The zero-order valence-corrected chi connectivity index (χ0v) is 16.4. The van der Waals surface area contributed by atoms with Gasteiger partial charge in [-0.25, -0.2) is 4.98 Å². The highest BCUT2D eigenvalue weighted by Gasteiger charge is 2.08. The number of benzene rings is 3. The van der Waals surface area contributed by atoms with Gasteiger partial charge >= 0.3 is 0 Å². The molecule has 1 heterocycles. The molecule has 4 aromatic rings. The molecule has 1 aromatic heterocycles. The largest absolute Gasteiger partial charge is 0.484 e. The fraction of sp³-hybridized carbons (Fsp3) is 0.167. The molecule has 0 fully saturated rings. The molecule has 3 aromatic carbocycles. The fourth-order valence-electron chi connectivity index (χ4n) is 3.03. The lowest BCUT2D eigenvalue weighted by Crippen LogP contribution is -2.20. The van der Waals surface area contributed by atoms with E-state index in [4.69, 9.17) is 9.15 Å². The van der Waals surface area contributed by atoms with Crippen LogP contribution in [0.3, 0.4) is 0 Å². The molecule has 0 saturated heterocycles. The minimum absolute atomic E-state index is 0.0346. The SMILES string of the molecule is Cc1ccc(OCC(=O)Nc2ccc(Cc3nc4ccccc4o3)cc2)cc1C. The molecular formula is C24H22N2O3. The molecule has 0 atom stereocenters. The predicted molar refractivity (Wildman–Crippen MR) is 113 cm³/mol. The molecule has 1 amide bonds. The van der Waals surface area contributed by atoms with Crippen LogP contribution in [-0.4, -0.2) is 17.5 Å². The highest BCUT2D eigenvalue weighted by Crippen LogP contribution is 2.19. The highest BCUT2D eigenvalue weighted by atomic mass is 16.5. The van der Waals surface area contributed by atoms with Gasteiger partial charge < -0.3 is 14.5 Å². The molecule has 1 N–H and O–H groups in total. The van der Waals surface area contributed by atoms with E-state index in [9.17, 15) is 4.79 Å². The van der Waals surface area contributed by atoms with Crippen LogP contribution >= 0.6 is 0 Å². The molecule has 0 aliphatic carbocycles. The molecule has 5 nitrogen and oxygen atoms in total. The average Bonchev–Trinajstić information content (AvgIpc) is 3.13. The second-order valence-corrected chi connectivity index (χ2v) is 7.03. The second kappa shape index (κ2) is 8.19.